The molecule has 0 radical (unpaired) electrons. The molecule has 0 N–H and O–H groups in total. The van der Waals surface area contributed by atoms with Crippen molar-refractivity contribution in [2.24, 2.45) is 4.99 Å². The first-order chi connectivity index (χ1) is 9.47. The molecule has 0 aliphatic heterocycles. The standard InChI is InChI=1S/C12H7BrClN3O3/c13-10-4-9(17(19)20)3-7(12(10)18)5-15-11-2-1-8(14)6-16-11/h1-6,18H/p-1. The Balaban J connectivity index is 2.37. The number of hydrogen-bond donors (Lipinski definition) is 0. The number of benzene rings is 1. The summed E-state index contributed by atoms with van der Waals surface area (Å²) in [5, 5.41) is 23.0. The minimum Gasteiger partial charge on any atom is -0.871 e. The van der Waals surface area contributed by atoms with Gasteiger partial charge in [-0.15, -0.1) is 0 Å². The number of aliphatic imine (C=N–C) groups is 1. The number of nitro groups is 1. The van der Waals surface area contributed by atoms with Crippen LogP contribution in [0.1, 0.15) is 5.56 Å². The molecule has 102 valence electrons. The largest absolute Gasteiger partial charge is 0.871 e. The molecule has 0 bridgehead atoms. The van der Waals surface area contributed by atoms with Crippen LogP contribution < -0.4 is 5.11 Å². The van der Waals surface area contributed by atoms with Gasteiger partial charge in [-0.25, -0.2) is 9.98 Å². The van der Waals surface area contributed by atoms with Crippen molar-refractivity contribution in [2.45, 2.75) is 0 Å². The van der Waals surface area contributed by atoms with Crippen LogP contribution in [0.25, 0.3) is 0 Å². The summed E-state index contributed by atoms with van der Waals surface area (Å²) < 4.78 is 0.109. The maximum Gasteiger partial charge on any atom is 0.271 e. The van der Waals surface area contributed by atoms with Gasteiger partial charge in [0.05, 0.1) is 9.95 Å². The average Bonchev–Trinajstić information content (AvgIpc) is 2.42. The van der Waals surface area contributed by atoms with Crippen molar-refractivity contribution in [1.82, 2.24) is 4.98 Å². The van der Waals surface area contributed by atoms with Crippen LogP contribution in [0.2, 0.25) is 5.02 Å². The minimum absolute atomic E-state index is 0.0998. The first kappa shape index (κ1) is 14.4. The van der Waals surface area contributed by atoms with Gasteiger partial charge in [-0.3, -0.25) is 10.1 Å². The molecule has 20 heavy (non-hydrogen) atoms. The molecule has 0 aliphatic carbocycles. The van der Waals surface area contributed by atoms with Crippen molar-refractivity contribution in [2.75, 3.05) is 0 Å². The van der Waals surface area contributed by atoms with Crippen molar-refractivity contribution in [1.29, 1.82) is 0 Å². The first-order valence-corrected chi connectivity index (χ1v) is 6.45. The molecule has 0 saturated heterocycles. The van der Waals surface area contributed by atoms with Gasteiger partial charge in [0.1, 0.15) is 0 Å². The van der Waals surface area contributed by atoms with Crippen LogP contribution in [-0.2, 0) is 0 Å². The van der Waals surface area contributed by atoms with Crippen molar-refractivity contribution in [3.63, 3.8) is 0 Å². The number of aromatic nitrogens is 1. The number of non-ortho nitro benzene ring substituents is 1. The molecule has 2 aromatic rings. The molecule has 6 nitrogen and oxygen atoms in total. The lowest BCUT2D eigenvalue weighted by Gasteiger charge is -2.11. The van der Waals surface area contributed by atoms with Crippen LogP contribution in [-0.4, -0.2) is 16.1 Å². The number of nitrogens with zero attached hydrogens (tertiary/aromatic N) is 3. The summed E-state index contributed by atoms with van der Waals surface area (Å²) in [5.74, 6) is -0.0373. The van der Waals surface area contributed by atoms with Crippen molar-refractivity contribution in [3.05, 3.63) is 55.6 Å². The topological polar surface area (TPSA) is 91.5 Å². The van der Waals surface area contributed by atoms with Gasteiger partial charge in [0.2, 0.25) is 0 Å². The zero-order valence-electron chi connectivity index (χ0n) is 9.79. The van der Waals surface area contributed by atoms with Crippen LogP contribution in [0.5, 0.6) is 5.75 Å². The maximum absolute atomic E-state index is 11.8. The highest BCUT2D eigenvalue weighted by Gasteiger charge is 2.09. The fourth-order valence-corrected chi connectivity index (χ4v) is 1.96. The molecule has 2 rings (SSSR count). The summed E-state index contributed by atoms with van der Waals surface area (Å²) in [6.45, 7) is 0. The second-order valence-electron chi connectivity index (χ2n) is 3.70. The molecule has 0 fully saturated rings. The second-order valence-corrected chi connectivity index (χ2v) is 4.99. The summed E-state index contributed by atoms with van der Waals surface area (Å²) in [4.78, 5) is 18.1. The molecular formula is C12H6BrClN3O3-. The third-order valence-electron chi connectivity index (χ3n) is 2.32. The van der Waals surface area contributed by atoms with E-state index in [-0.39, 0.29) is 21.5 Å². The number of rotatable bonds is 3. The Morgan fingerprint density at radius 2 is 2.15 bits per heavy atom. The lowest BCUT2D eigenvalue weighted by Crippen LogP contribution is -1.99. The quantitative estimate of drug-likeness (QED) is 0.480. The van der Waals surface area contributed by atoms with Gasteiger partial charge < -0.3 is 5.11 Å². The Morgan fingerprint density at radius 3 is 2.75 bits per heavy atom. The third kappa shape index (κ3) is 3.31. The van der Waals surface area contributed by atoms with Crippen LogP contribution in [0.15, 0.2) is 39.9 Å². The van der Waals surface area contributed by atoms with E-state index in [0.717, 1.165) is 12.1 Å². The Labute approximate surface area is 127 Å². The molecule has 0 unspecified atom stereocenters. The predicted octanol–water partition coefficient (Wildman–Crippen LogP) is 3.23. The fourth-order valence-electron chi connectivity index (χ4n) is 1.38. The number of hydrogen-bond acceptors (Lipinski definition) is 5. The van der Waals surface area contributed by atoms with E-state index in [0.29, 0.717) is 10.8 Å². The Kier molecular flexibility index (Phi) is 4.31. The molecule has 1 aromatic heterocycles. The van der Waals surface area contributed by atoms with Gasteiger partial charge in [-0.2, -0.15) is 0 Å². The number of nitro benzene ring substituents is 1. The Morgan fingerprint density at radius 1 is 1.40 bits per heavy atom. The number of pyridine rings is 1. The fraction of sp³-hybridized carbons (Fsp3) is 0. The molecule has 0 aliphatic rings. The monoisotopic (exact) mass is 354 g/mol. The van der Waals surface area contributed by atoms with E-state index in [2.05, 4.69) is 25.9 Å². The SMILES string of the molecule is O=[N+]([O-])c1cc(Br)c([O-])c(C=Nc2ccc(Cl)cn2)c1. The predicted molar refractivity (Wildman–Crippen MR) is 76.7 cm³/mol. The lowest BCUT2D eigenvalue weighted by molar-refractivity contribution is -0.385. The van der Waals surface area contributed by atoms with Gasteiger partial charge in [0.25, 0.3) is 5.69 Å². The maximum atomic E-state index is 11.8. The van der Waals surface area contributed by atoms with Crippen LogP contribution in [0, 0.1) is 10.1 Å². The summed E-state index contributed by atoms with van der Waals surface area (Å²) >= 11 is 8.67. The van der Waals surface area contributed by atoms with E-state index in [1.807, 2.05) is 0 Å². The van der Waals surface area contributed by atoms with Crippen LogP contribution in [0.4, 0.5) is 11.5 Å². The second kappa shape index (κ2) is 5.98. The molecule has 0 atom stereocenters. The summed E-state index contributed by atoms with van der Waals surface area (Å²) in [7, 11) is 0. The third-order valence-corrected chi connectivity index (χ3v) is 3.13. The van der Waals surface area contributed by atoms with E-state index in [1.165, 1.54) is 12.4 Å². The highest BCUT2D eigenvalue weighted by atomic mass is 79.9. The van der Waals surface area contributed by atoms with Gasteiger partial charge in [0, 0.05) is 29.0 Å². The van der Waals surface area contributed by atoms with E-state index < -0.39 is 4.92 Å². The minimum atomic E-state index is -0.581. The number of halogens is 2. The van der Waals surface area contributed by atoms with Crippen molar-refractivity contribution < 1.29 is 10.0 Å². The van der Waals surface area contributed by atoms with Crippen LogP contribution in [0.3, 0.4) is 0 Å². The highest BCUT2D eigenvalue weighted by molar-refractivity contribution is 9.10. The molecular weight excluding hydrogens is 350 g/mol. The molecule has 0 saturated carbocycles. The molecule has 8 heteroatoms. The van der Waals surface area contributed by atoms with Crippen molar-refractivity contribution in [3.8, 4) is 5.75 Å². The van der Waals surface area contributed by atoms with Gasteiger partial charge in [-0.1, -0.05) is 33.3 Å². The van der Waals surface area contributed by atoms with Gasteiger partial charge >= 0.3 is 0 Å². The van der Waals surface area contributed by atoms with Gasteiger partial charge in [0.15, 0.2) is 5.82 Å². The zero-order valence-corrected chi connectivity index (χ0v) is 12.1. The normalized spacial score (nSPS) is 10.9. The smallest absolute Gasteiger partial charge is 0.271 e. The average molecular weight is 356 g/mol. The van der Waals surface area contributed by atoms with E-state index in [1.54, 1.807) is 12.1 Å². The van der Waals surface area contributed by atoms with Crippen LogP contribution >= 0.6 is 27.5 Å². The van der Waals surface area contributed by atoms with E-state index in [4.69, 9.17) is 11.6 Å². The highest BCUT2D eigenvalue weighted by Crippen LogP contribution is 2.29. The van der Waals surface area contributed by atoms with E-state index >= 15 is 0 Å². The molecule has 1 aromatic carbocycles. The molecule has 1 heterocycles. The molecule has 0 amide bonds. The Hall–Kier alpha value is -1.99. The summed E-state index contributed by atoms with van der Waals surface area (Å²) in [5.41, 5.74) is -0.0928. The first-order valence-electron chi connectivity index (χ1n) is 5.28. The zero-order chi connectivity index (χ0) is 14.7. The molecule has 0 spiro atoms. The summed E-state index contributed by atoms with van der Waals surface area (Å²) in [6.07, 6.45) is 2.64. The summed E-state index contributed by atoms with van der Waals surface area (Å²) in [6, 6.07) is 5.48. The van der Waals surface area contributed by atoms with Gasteiger partial charge in [-0.05, 0) is 17.7 Å². The van der Waals surface area contributed by atoms with Crippen molar-refractivity contribution >= 4 is 45.3 Å². The van der Waals surface area contributed by atoms with E-state index in [9.17, 15) is 15.2 Å². The Bertz CT molecular complexity index is 689. The lowest BCUT2D eigenvalue weighted by atomic mass is 10.2.